The second-order valence-corrected chi connectivity index (χ2v) is 6.24. The minimum Gasteiger partial charge on any atom is -0.497 e. The first-order valence-electron chi connectivity index (χ1n) is 9.05. The maximum absolute atomic E-state index is 13.1. The molecule has 0 spiro atoms. The van der Waals surface area contributed by atoms with E-state index in [0.717, 1.165) is 47.3 Å². The monoisotopic (exact) mass is 348 g/mol. The molecule has 0 aliphatic rings. The largest absolute Gasteiger partial charge is 0.497 e. The number of benzene rings is 2. The zero-order valence-corrected chi connectivity index (χ0v) is 15.3. The third-order valence-corrected chi connectivity index (χ3v) is 4.43. The molecule has 4 heteroatoms. The fourth-order valence-electron chi connectivity index (χ4n) is 3.06. The maximum Gasteiger partial charge on any atom is 0.231 e. The van der Waals surface area contributed by atoms with Crippen molar-refractivity contribution in [3.8, 4) is 5.75 Å². The van der Waals surface area contributed by atoms with E-state index in [9.17, 15) is 4.79 Å². The Hall–Kier alpha value is -2.88. The Morgan fingerprint density at radius 3 is 2.54 bits per heavy atom. The summed E-state index contributed by atoms with van der Waals surface area (Å²) in [6.07, 6.45) is 5.31. The van der Waals surface area contributed by atoms with Crippen LogP contribution < -0.4 is 9.64 Å². The van der Waals surface area contributed by atoms with Crippen LogP contribution in [0.4, 0.5) is 11.4 Å². The smallest absolute Gasteiger partial charge is 0.231 e. The molecule has 0 N–H and O–H groups in total. The van der Waals surface area contributed by atoms with Gasteiger partial charge >= 0.3 is 0 Å². The number of anilines is 2. The molecule has 1 amide bonds. The van der Waals surface area contributed by atoms with Crippen LogP contribution in [0, 0.1) is 0 Å². The lowest BCUT2D eigenvalue weighted by Gasteiger charge is -2.24. The van der Waals surface area contributed by atoms with E-state index in [2.05, 4.69) is 11.9 Å². The van der Waals surface area contributed by atoms with Crippen molar-refractivity contribution in [2.24, 2.45) is 0 Å². The van der Waals surface area contributed by atoms with Gasteiger partial charge < -0.3 is 4.74 Å². The quantitative estimate of drug-likeness (QED) is 0.530. The van der Waals surface area contributed by atoms with E-state index in [1.807, 2.05) is 54.6 Å². The summed E-state index contributed by atoms with van der Waals surface area (Å²) in [4.78, 5) is 19.4. The third kappa shape index (κ3) is 3.85. The SMILES string of the molecule is CCCCCC(=O)N(c1ccc(OC)cc1)c1cccc2cccnc12. The molecule has 0 radical (unpaired) electrons. The van der Waals surface area contributed by atoms with Crippen molar-refractivity contribution >= 4 is 28.2 Å². The fourth-order valence-corrected chi connectivity index (χ4v) is 3.06. The molecule has 0 unspecified atom stereocenters. The van der Waals surface area contributed by atoms with Crippen molar-refractivity contribution in [3.63, 3.8) is 0 Å². The molecule has 3 rings (SSSR count). The van der Waals surface area contributed by atoms with Gasteiger partial charge in [-0.2, -0.15) is 0 Å². The molecule has 0 saturated carbocycles. The van der Waals surface area contributed by atoms with Crippen molar-refractivity contribution in [3.05, 3.63) is 60.8 Å². The number of carbonyl (C=O) groups excluding carboxylic acids is 1. The van der Waals surface area contributed by atoms with E-state index in [1.165, 1.54) is 0 Å². The summed E-state index contributed by atoms with van der Waals surface area (Å²) in [6, 6.07) is 17.4. The Balaban J connectivity index is 2.05. The van der Waals surface area contributed by atoms with Gasteiger partial charge in [-0.1, -0.05) is 38.0 Å². The molecule has 1 heterocycles. The Morgan fingerprint density at radius 2 is 1.81 bits per heavy atom. The number of hydrogen-bond donors (Lipinski definition) is 0. The van der Waals surface area contributed by atoms with Crippen LogP contribution in [0.5, 0.6) is 5.75 Å². The van der Waals surface area contributed by atoms with E-state index < -0.39 is 0 Å². The van der Waals surface area contributed by atoms with E-state index in [-0.39, 0.29) is 5.91 Å². The number of fused-ring (bicyclic) bond motifs is 1. The van der Waals surface area contributed by atoms with E-state index in [1.54, 1.807) is 18.2 Å². The number of unbranched alkanes of at least 4 members (excludes halogenated alkanes) is 2. The van der Waals surface area contributed by atoms with Crippen LogP contribution in [0.1, 0.15) is 32.6 Å². The van der Waals surface area contributed by atoms with Gasteiger partial charge in [0.25, 0.3) is 0 Å². The molecule has 0 bridgehead atoms. The molecule has 26 heavy (non-hydrogen) atoms. The van der Waals surface area contributed by atoms with Crippen LogP contribution in [0.15, 0.2) is 60.8 Å². The number of amides is 1. The zero-order valence-electron chi connectivity index (χ0n) is 15.3. The highest BCUT2D eigenvalue weighted by atomic mass is 16.5. The first-order chi connectivity index (χ1) is 12.7. The Morgan fingerprint density at radius 1 is 1.04 bits per heavy atom. The van der Waals surface area contributed by atoms with Crippen LogP contribution in [0.25, 0.3) is 10.9 Å². The Bertz CT molecular complexity index is 869. The van der Waals surface area contributed by atoms with Gasteiger partial charge in [0.2, 0.25) is 5.91 Å². The number of carbonyl (C=O) groups is 1. The molecule has 3 aromatic rings. The van der Waals surface area contributed by atoms with Crippen LogP contribution in [-0.4, -0.2) is 18.0 Å². The molecular formula is C22H24N2O2. The number of methoxy groups -OCH3 is 1. The van der Waals surface area contributed by atoms with Crippen molar-refractivity contribution in [1.82, 2.24) is 4.98 Å². The summed E-state index contributed by atoms with van der Waals surface area (Å²) in [6.45, 7) is 2.14. The molecule has 0 fully saturated rings. The number of nitrogens with zero attached hydrogens (tertiary/aromatic N) is 2. The summed E-state index contributed by atoms with van der Waals surface area (Å²) in [5, 5.41) is 1.02. The van der Waals surface area contributed by atoms with Gasteiger partial charge in [-0.15, -0.1) is 0 Å². The lowest BCUT2D eigenvalue weighted by Crippen LogP contribution is -2.26. The molecular weight excluding hydrogens is 324 g/mol. The highest BCUT2D eigenvalue weighted by Gasteiger charge is 2.20. The van der Waals surface area contributed by atoms with Crippen molar-refractivity contribution in [2.45, 2.75) is 32.6 Å². The zero-order chi connectivity index (χ0) is 18.4. The number of rotatable bonds is 7. The normalized spacial score (nSPS) is 10.7. The standard InChI is InChI=1S/C22H24N2O2/c1-3-4-5-11-21(25)24(18-12-14-19(26-2)15-13-18)20-10-6-8-17-9-7-16-23-22(17)20/h6-10,12-16H,3-5,11H2,1-2H3. The van der Waals surface area contributed by atoms with Gasteiger partial charge in [-0.3, -0.25) is 14.7 Å². The lowest BCUT2D eigenvalue weighted by atomic mass is 10.1. The average molecular weight is 348 g/mol. The molecule has 1 aromatic heterocycles. The number of aromatic nitrogens is 1. The molecule has 0 aliphatic carbocycles. The Kier molecular flexibility index (Phi) is 5.84. The first-order valence-corrected chi connectivity index (χ1v) is 9.05. The molecule has 134 valence electrons. The van der Waals surface area contributed by atoms with Gasteiger partial charge in [-0.05, 0) is 42.8 Å². The van der Waals surface area contributed by atoms with Gasteiger partial charge in [0.05, 0.1) is 18.3 Å². The minimum absolute atomic E-state index is 0.0850. The number of pyridine rings is 1. The summed E-state index contributed by atoms with van der Waals surface area (Å²) >= 11 is 0. The topological polar surface area (TPSA) is 42.4 Å². The van der Waals surface area contributed by atoms with Gasteiger partial charge in [0.15, 0.2) is 0 Å². The highest BCUT2D eigenvalue weighted by Crippen LogP contribution is 2.33. The van der Waals surface area contributed by atoms with E-state index >= 15 is 0 Å². The van der Waals surface area contributed by atoms with Crippen molar-refractivity contribution in [2.75, 3.05) is 12.0 Å². The van der Waals surface area contributed by atoms with E-state index in [4.69, 9.17) is 4.74 Å². The van der Waals surface area contributed by atoms with Crippen molar-refractivity contribution < 1.29 is 9.53 Å². The number of hydrogen-bond acceptors (Lipinski definition) is 3. The fraction of sp³-hybridized carbons (Fsp3) is 0.273. The van der Waals surface area contributed by atoms with Crippen molar-refractivity contribution in [1.29, 1.82) is 0 Å². The molecule has 0 atom stereocenters. The molecule has 2 aromatic carbocycles. The maximum atomic E-state index is 13.1. The Labute approximate surface area is 154 Å². The van der Waals surface area contributed by atoms with Crippen LogP contribution in [-0.2, 0) is 4.79 Å². The number of para-hydroxylation sites is 1. The minimum atomic E-state index is 0.0850. The first kappa shape index (κ1) is 17.9. The van der Waals surface area contributed by atoms with Crippen LogP contribution in [0.2, 0.25) is 0 Å². The molecule has 0 saturated heterocycles. The van der Waals surface area contributed by atoms with E-state index in [0.29, 0.717) is 6.42 Å². The predicted octanol–water partition coefficient (Wildman–Crippen LogP) is 5.49. The second-order valence-electron chi connectivity index (χ2n) is 6.24. The summed E-state index contributed by atoms with van der Waals surface area (Å²) in [5.41, 5.74) is 2.47. The van der Waals surface area contributed by atoms with Gasteiger partial charge in [0.1, 0.15) is 5.75 Å². The van der Waals surface area contributed by atoms with Crippen LogP contribution >= 0.6 is 0 Å². The number of ether oxygens (including phenoxy) is 1. The lowest BCUT2D eigenvalue weighted by molar-refractivity contribution is -0.118. The summed E-state index contributed by atoms with van der Waals surface area (Å²) < 4.78 is 5.25. The highest BCUT2D eigenvalue weighted by molar-refractivity contribution is 6.07. The summed E-state index contributed by atoms with van der Waals surface area (Å²) in [5.74, 6) is 0.852. The molecule has 4 nitrogen and oxygen atoms in total. The molecule has 0 aliphatic heterocycles. The predicted molar refractivity (Wildman–Crippen MR) is 106 cm³/mol. The summed E-state index contributed by atoms with van der Waals surface area (Å²) in [7, 11) is 1.64. The second kappa shape index (κ2) is 8.48. The van der Waals surface area contributed by atoms with Gasteiger partial charge in [-0.25, -0.2) is 0 Å². The van der Waals surface area contributed by atoms with Crippen LogP contribution in [0.3, 0.4) is 0 Å². The average Bonchev–Trinajstić information content (AvgIpc) is 2.69. The van der Waals surface area contributed by atoms with Gasteiger partial charge in [0, 0.05) is 23.7 Å². The third-order valence-electron chi connectivity index (χ3n) is 4.43.